The summed E-state index contributed by atoms with van der Waals surface area (Å²) in [5, 5.41) is 3.02. The van der Waals surface area contributed by atoms with Gasteiger partial charge in [-0.05, 0) is 33.1 Å². The van der Waals surface area contributed by atoms with Crippen LogP contribution in [-0.4, -0.2) is 34.3 Å². The fourth-order valence-corrected chi connectivity index (χ4v) is 3.17. The van der Waals surface area contributed by atoms with Crippen LogP contribution in [0.5, 0.6) is 0 Å². The SMILES string of the molecule is CCN1C(=O)C2(CCCC2)NC(=O)C1(C)CC. The van der Waals surface area contributed by atoms with E-state index in [1.165, 1.54) is 0 Å². The van der Waals surface area contributed by atoms with E-state index in [0.717, 1.165) is 25.7 Å². The van der Waals surface area contributed by atoms with Gasteiger partial charge in [0.25, 0.3) is 0 Å². The summed E-state index contributed by atoms with van der Waals surface area (Å²) in [7, 11) is 0. The van der Waals surface area contributed by atoms with Crippen molar-refractivity contribution in [2.24, 2.45) is 0 Å². The van der Waals surface area contributed by atoms with Crippen LogP contribution in [0.25, 0.3) is 0 Å². The molecule has 96 valence electrons. The Bertz CT molecular complexity index is 347. The topological polar surface area (TPSA) is 49.4 Å². The summed E-state index contributed by atoms with van der Waals surface area (Å²) >= 11 is 0. The number of nitrogens with zero attached hydrogens (tertiary/aromatic N) is 1. The number of piperazine rings is 1. The van der Waals surface area contributed by atoms with E-state index in [0.29, 0.717) is 13.0 Å². The Morgan fingerprint density at radius 3 is 2.29 bits per heavy atom. The standard InChI is InChI=1S/C13H22N2O2/c1-4-12(3)10(16)14-13(8-6-7-9-13)11(17)15(12)5-2/h4-9H2,1-3H3,(H,14,16). The van der Waals surface area contributed by atoms with Gasteiger partial charge in [0, 0.05) is 6.54 Å². The van der Waals surface area contributed by atoms with E-state index >= 15 is 0 Å². The molecule has 2 fully saturated rings. The molecule has 1 atom stereocenters. The number of nitrogens with one attached hydrogen (secondary N) is 1. The van der Waals surface area contributed by atoms with Crippen molar-refractivity contribution in [2.45, 2.75) is 64.0 Å². The second-order valence-corrected chi connectivity index (χ2v) is 5.42. The first-order valence-electron chi connectivity index (χ1n) is 6.65. The Balaban J connectivity index is 2.37. The maximum Gasteiger partial charge on any atom is 0.249 e. The molecule has 1 saturated heterocycles. The number of hydrogen-bond acceptors (Lipinski definition) is 2. The second kappa shape index (κ2) is 4.00. The van der Waals surface area contributed by atoms with Gasteiger partial charge in [-0.1, -0.05) is 19.8 Å². The van der Waals surface area contributed by atoms with Gasteiger partial charge in [-0.2, -0.15) is 0 Å². The van der Waals surface area contributed by atoms with Crippen molar-refractivity contribution in [3.05, 3.63) is 0 Å². The monoisotopic (exact) mass is 238 g/mol. The van der Waals surface area contributed by atoms with Gasteiger partial charge >= 0.3 is 0 Å². The number of carbonyl (C=O) groups excluding carboxylic acids is 2. The molecule has 2 rings (SSSR count). The zero-order valence-corrected chi connectivity index (χ0v) is 11.0. The summed E-state index contributed by atoms with van der Waals surface area (Å²) in [6.45, 7) is 6.39. The molecule has 0 radical (unpaired) electrons. The number of hydrogen-bond donors (Lipinski definition) is 1. The van der Waals surface area contributed by atoms with Crippen LogP contribution >= 0.6 is 0 Å². The molecule has 0 bridgehead atoms. The molecule has 0 aromatic heterocycles. The normalized spacial score (nSPS) is 32.1. The Hall–Kier alpha value is -1.06. The molecule has 1 saturated carbocycles. The third-order valence-corrected chi connectivity index (χ3v) is 4.55. The molecule has 1 heterocycles. The van der Waals surface area contributed by atoms with Crippen molar-refractivity contribution in [3.8, 4) is 0 Å². The van der Waals surface area contributed by atoms with Gasteiger partial charge < -0.3 is 10.2 Å². The molecule has 1 N–H and O–H groups in total. The first-order chi connectivity index (χ1) is 8.00. The van der Waals surface area contributed by atoms with Crippen molar-refractivity contribution in [3.63, 3.8) is 0 Å². The predicted molar refractivity (Wildman–Crippen MR) is 65.4 cm³/mol. The van der Waals surface area contributed by atoms with Gasteiger partial charge in [0.2, 0.25) is 11.8 Å². The van der Waals surface area contributed by atoms with Gasteiger partial charge in [0.05, 0.1) is 0 Å². The average molecular weight is 238 g/mol. The molecule has 0 aromatic rings. The first-order valence-corrected chi connectivity index (χ1v) is 6.65. The van der Waals surface area contributed by atoms with Crippen LogP contribution < -0.4 is 5.32 Å². The van der Waals surface area contributed by atoms with Gasteiger partial charge in [-0.15, -0.1) is 0 Å². The minimum absolute atomic E-state index is 0.0170. The maximum absolute atomic E-state index is 12.6. The lowest BCUT2D eigenvalue weighted by atomic mass is 9.83. The quantitative estimate of drug-likeness (QED) is 0.791. The van der Waals surface area contributed by atoms with Crippen LogP contribution in [0, 0.1) is 0 Å². The summed E-state index contributed by atoms with van der Waals surface area (Å²) in [6.07, 6.45) is 4.33. The van der Waals surface area contributed by atoms with Crippen molar-refractivity contribution in [1.82, 2.24) is 10.2 Å². The van der Waals surface area contributed by atoms with Crippen LogP contribution in [0.4, 0.5) is 0 Å². The van der Waals surface area contributed by atoms with E-state index in [1.807, 2.05) is 20.8 Å². The van der Waals surface area contributed by atoms with Crippen molar-refractivity contribution in [1.29, 1.82) is 0 Å². The Morgan fingerprint density at radius 1 is 1.24 bits per heavy atom. The smallest absolute Gasteiger partial charge is 0.249 e. The van der Waals surface area contributed by atoms with E-state index < -0.39 is 11.1 Å². The first kappa shape index (κ1) is 12.4. The highest BCUT2D eigenvalue weighted by molar-refractivity contribution is 6.02. The average Bonchev–Trinajstić information content (AvgIpc) is 2.77. The highest BCUT2D eigenvalue weighted by Gasteiger charge is 2.55. The summed E-state index contributed by atoms with van der Waals surface area (Å²) < 4.78 is 0. The number of carbonyl (C=O) groups is 2. The molecule has 2 aliphatic rings. The van der Waals surface area contributed by atoms with Crippen LogP contribution in [0.15, 0.2) is 0 Å². The van der Waals surface area contributed by atoms with E-state index in [2.05, 4.69) is 5.32 Å². The Kier molecular flexibility index (Phi) is 2.92. The molecule has 1 spiro atoms. The lowest BCUT2D eigenvalue weighted by Gasteiger charge is -2.49. The van der Waals surface area contributed by atoms with E-state index in [4.69, 9.17) is 0 Å². The highest BCUT2D eigenvalue weighted by atomic mass is 16.2. The number of amides is 2. The lowest BCUT2D eigenvalue weighted by Crippen LogP contribution is -2.74. The van der Waals surface area contributed by atoms with Crippen LogP contribution in [-0.2, 0) is 9.59 Å². The van der Waals surface area contributed by atoms with Crippen LogP contribution in [0.1, 0.15) is 52.9 Å². The number of likely N-dealkylation sites (N-methyl/N-ethyl adjacent to an activating group) is 1. The molecule has 0 aromatic carbocycles. The predicted octanol–water partition coefficient (Wildman–Crippen LogP) is 1.45. The highest BCUT2D eigenvalue weighted by Crippen LogP contribution is 2.38. The van der Waals surface area contributed by atoms with Crippen molar-refractivity contribution in [2.75, 3.05) is 6.54 Å². The zero-order chi connectivity index (χ0) is 12.7. The summed E-state index contributed by atoms with van der Waals surface area (Å²) in [5.41, 5.74) is -1.25. The van der Waals surface area contributed by atoms with Gasteiger partial charge in [0.1, 0.15) is 11.1 Å². The van der Waals surface area contributed by atoms with Gasteiger partial charge in [-0.3, -0.25) is 9.59 Å². The van der Waals surface area contributed by atoms with Crippen molar-refractivity contribution >= 4 is 11.8 Å². The van der Waals surface area contributed by atoms with Gasteiger partial charge in [0.15, 0.2) is 0 Å². The maximum atomic E-state index is 12.6. The minimum atomic E-state index is -0.667. The lowest BCUT2D eigenvalue weighted by molar-refractivity contribution is -0.162. The third kappa shape index (κ3) is 1.57. The van der Waals surface area contributed by atoms with Crippen LogP contribution in [0.2, 0.25) is 0 Å². The molecule has 4 heteroatoms. The largest absolute Gasteiger partial charge is 0.340 e. The molecule has 1 unspecified atom stereocenters. The molecule has 17 heavy (non-hydrogen) atoms. The van der Waals surface area contributed by atoms with Crippen molar-refractivity contribution < 1.29 is 9.59 Å². The van der Waals surface area contributed by atoms with Gasteiger partial charge in [-0.25, -0.2) is 0 Å². The van der Waals surface area contributed by atoms with E-state index in [1.54, 1.807) is 4.90 Å². The minimum Gasteiger partial charge on any atom is -0.340 e. The van der Waals surface area contributed by atoms with E-state index in [-0.39, 0.29) is 11.8 Å². The van der Waals surface area contributed by atoms with Crippen LogP contribution in [0.3, 0.4) is 0 Å². The molecule has 1 aliphatic heterocycles. The van der Waals surface area contributed by atoms with E-state index in [9.17, 15) is 9.59 Å². The molecular weight excluding hydrogens is 216 g/mol. The summed E-state index contributed by atoms with van der Waals surface area (Å²) in [4.78, 5) is 26.7. The fourth-order valence-electron chi connectivity index (χ4n) is 3.17. The number of rotatable bonds is 2. The molecule has 4 nitrogen and oxygen atoms in total. The third-order valence-electron chi connectivity index (χ3n) is 4.55. The zero-order valence-electron chi connectivity index (χ0n) is 11.0. The Morgan fingerprint density at radius 2 is 1.82 bits per heavy atom. The molecular formula is C13H22N2O2. The Labute approximate surface area is 103 Å². The molecule has 2 amide bonds. The summed E-state index contributed by atoms with van der Waals surface area (Å²) in [6, 6.07) is 0. The second-order valence-electron chi connectivity index (χ2n) is 5.42. The summed E-state index contributed by atoms with van der Waals surface area (Å²) in [5.74, 6) is 0.143. The fraction of sp³-hybridized carbons (Fsp3) is 0.846. The molecule has 1 aliphatic carbocycles.